The predicted octanol–water partition coefficient (Wildman–Crippen LogP) is 1.19. The molecule has 0 heterocycles. The van der Waals surface area contributed by atoms with Crippen LogP contribution in [-0.2, 0) is 0 Å². The Morgan fingerprint density at radius 3 is 2.50 bits per heavy atom. The van der Waals surface area contributed by atoms with Crippen molar-refractivity contribution in [3.8, 4) is 0 Å². The van der Waals surface area contributed by atoms with Crippen LogP contribution in [0.2, 0.25) is 0 Å². The minimum atomic E-state index is -0.0533. The van der Waals surface area contributed by atoms with Crippen LogP contribution in [0.1, 0.15) is 20.3 Å². The van der Waals surface area contributed by atoms with Crippen molar-refractivity contribution in [1.29, 1.82) is 0 Å². The van der Waals surface area contributed by atoms with E-state index in [9.17, 15) is 0 Å². The largest absolute Gasteiger partial charge is 0.331 e. The summed E-state index contributed by atoms with van der Waals surface area (Å²) in [7, 11) is 4.24. The van der Waals surface area contributed by atoms with Crippen LogP contribution >= 0.6 is 0 Å². The molecule has 0 aromatic carbocycles. The lowest BCUT2D eigenvalue weighted by Crippen LogP contribution is -2.14. The molecule has 0 bridgehead atoms. The summed E-state index contributed by atoms with van der Waals surface area (Å²) in [6.45, 7) is 4.49. The molecule has 0 aliphatic heterocycles. The second-order valence-corrected chi connectivity index (χ2v) is 5.18. The molecular formula is C8H19NSi. The van der Waals surface area contributed by atoms with Crippen molar-refractivity contribution in [3.05, 3.63) is 11.8 Å². The molecule has 0 aromatic rings. The highest BCUT2D eigenvalue weighted by Gasteiger charge is 1.90. The molecule has 0 aliphatic carbocycles. The van der Waals surface area contributed by atoms with E-state index in [4.69, 9.17) is 0 Å². The Bertz CT molecular complexity index is 99.4. The molecule has 0 radical (unpaired) electrons. The Morgan fingerprint density at radius 1 is 1.50 bits per heavy atom. The summed E-state index contributed by atoms with van der Waals surface area (Å²) in [5.74, 6) is 0.771. The van der Waals surface area contributed by atoms with E-state index in [1.165, 1.54) is 6.42 Å². The SMILES string of the molecule is CCC(C)C=C[SiH2]N(C)C. The highest BCUT2D eigenvalue weighted by Crippen LogP contribution is 2.00. The van der Waals surface area contributed by atoms with E-state index in [1.807, 2.05) is 0 Å². The van der Waals surface area contributed by atoms with Gasteiger partial charge in [-0.05, 0) is 20.0 Å². The number of rotatable bonds is 4. The van der Waals surface area contributed by atoms with Gasteiger partial charge in [-0.25, -0.2) is 0 Å². The molecule has 0 amide bonds. The lowest BCUT2D eigenvalue weighted by Gasteiger charge is -2.04. The molecule has 0 fully saturated rings. The number of nitrogens with zero attached hydrogens (tertiary/aromatic N) is 1. The molecule has 2 heteroatoms. The Morgan fingerprint density at radius 2 is 2.10 bits per heavy atom. The summed E-state index contributed by atoms with van der Waals surface area (Å²) in [6.07, 6.45) is 3.60. The van der Waals surface area contributed by atoms with Crippen LogP contribution in [0.15, 0.2) is 11.8 Å². The fourth-order valence-electron chi connectivity index (χ4n) is 0.640. The maximum Gasteiger partial charge on any atom is 0.118 e. The fourth-order valence-corrected chi connectivity index (χ4v) is 1.65. The van der Waals surface area contributed by atoms with Gasteiger partial charge in [0, 0.05) is 0 Å². The fraction of sp³-hybridized carbons (Fsp3) is 0.750. The zero-order valence-corrected chi connectivity index (χ0v) is 9.01. The summed E-state index contributed by atoms with van der Waals surface area (Å²) >= 11 is 0. The third-order valence-electron chi connectivity index (χ3n) is 1.58. The van der Waals surface area contributed by atoms with Gasteiger partial charge >= 0.3 is 0 Å². The van der Waals surface area contributed by atoms with Gasteiger partial charge in [-0.15, -0.1) is 0 Å². The monoisotopic (exact) mass is 157 g/mol. The second-order valence-electron chi connectivity index (χ2n) is 3.08. The maximum atomic E-state index is 2.37. The van der Waals surface area contributed by atoms with Crippen molar-refractivity contribution in [3.63, 3.8) is 0 Å². The van der Waals surface area contributed by atoms with Crippen molar-refractivity contribution < 1.29 is 0 Å². The van der Waals surface area contributed by atoms with Gasteiger partial charge in [0.1, 0.15) is 9.68 Å². The highest BCUT2D eigenvalue weighted by molar-refractivity contribution is 6.38. The minimum Gasteiger partial charge on any atom is -0.331 e. The molecule has 0 rings (SSSR count). The molecule has 1 unspecified atom stereocenters. The third-order valence-corrected chi connectivity index (χ3v) is 2.79. The van der Waals surface area contributed by atoms with Crippen molar-refractivity contribution in [1.82, 2.24) is 4.57 Å². The van der Waals surface area contributed by atoms with Gasteiger partial charge in [0.2, 0.25) is 0 Å². The molecule has 10 heavy (non-hydrogen) atoms. The zero-order valence-electron chi connectivity index (χ0n) is 7.59. The lowest BCUT2D eigenvalue weighted by molar-refractivity contribution is 0.665. The van der Waals surface area contributed by atoms with Gasteiger partial charge < -0.3 is 4.57 Å². The first-order valence-corrected chi connectivity index (χ1v) is 5.43. The molecule has 0 saturated heterocycles. The molecule has 60 valence electrons. The number of hydrogen-bond acceptors (Lipinski definition) is 1. The number of allylic oxidation sites excluding steroid dienone is 1. The standard InChI is InChI=1S/C8H19NSi/c1-5-8(2)6-7-10-9(3)4/h6-8H,5,10H2,1-4H3. The van der Waals surface area contributed by atoms with Gasteiger partial charge in [-0.2, -0.15) is 0 Å². The predicted molar refractivity (Wildman–Crippen MR) is 50.8 cm³/mol. The lowest BCUT2D eigenvalue weighted by atomic mass is 10.1. The summed E-state index contributed by atoms with van der Waals surface area (Å²) in [6, 6.07) is 0. The van der Waals surface area contributed by atoms with Gasteiger partial charge in [0.05, 0.1) is 0 Å². The number of hydrogen-bond donors (Lipinski definition) is 0. The molecule has 1 nitrogen and oxygen atoms in total. The first-order valence-electron chi connectivity index (χ1n) is 3.98. The van der Waals surface area contributed by atoms with E-state index >= 15 is 0 Å². The average Bonchev–Trinajstić information content (AvgIpc) is 1.87. The second kappa shape index (κ2) is 5.68. The average molecular weight is 157 g/mol. The van der Waals surface area contributed by atoms with Crippen molar-refractivity contribution in [2.75, 3.05) is 14.1 Å². The van der Waals surface area contributed by atoms with Crippen molar-refractivity contribution in [2.45, 2.75) is 20.3 Å². The van der Waals surface area contributed by atoms with E-state index < -0.39 is 0 Å². The highest BCUT2D eigenvalue weighted by atomic mass is 28.2. The van der Waals surface area contributed by atoms with Gasteiger partial charge in [0.15, 0.2) is 0 Å². The van der Waals surface area contributed by atoms with Crippen LogP contribution in [-0.4, -0.2) is 28.3 Å². The van der Waals surface area contributed by atoms with E-state index in [1.54, 1.807) is 0 Å². The van der Waals surface area contributed by atoms with E-state index in [2.05, 4.69) is 44.3 Å². The van der Waals surface area contributed by atoms with Crippen LogP contribution in [0.5, 0.6) is 0 Å². The third kappa shape index (κ3) is 6.04. The van der Waals surface area contributed by atoms with E-state index in [0.29, 0.717) is 0 Å². The topological polar surface area (TPSA) is 3.24 Å². The first-order chi connectivity index (χ1) is 4.66. The summed E-state index contributed by atoms with van der Waals surface area (Å²) in [5.41, 5.74) is 2.37. The smallest absolute Gasteiger partial charge is 0.118 e. The Hall–Kier alpha value is -0.0831. The minimum absolute atomic E-state index is 0.0533. The normalized spacial score (nSPS) is 16.1. The van der Waals surface area contributed by atoms with Gasteiger partial charge in [0.25, 0.3) is 0 Å². The van der Waals surface area contributed by atoms with Gasteiger partial charge in [-0.3, -0.25) is 0 Å². The van der Waals surface area contributed by atoms with Crippen LogP contribution in [0, 0.1) is 5.92 Å². The summed E-state index contributed by atoms with van der Waals surface area (Å²) in [4.78, 5) is 0. The Balaban J connectivity index is 3.36. The van der Waals surface area contributed by atoms with Crippen molar-refractivity contribution >= 4 is 9.68 Å². The summed E-state index contributed by atoms with van der Waals surface area (Å²) < 4.78 is 2.30. The van der Waals surface area contributed by atoms with E-state index in [0.717, 1.165) is 5.92 Å². The van der Waals surface area contributed by atoms with Crippen LogP contribution < -0.4 is 0 Å². The van der Waals surface area contributed by atoms with Crippen LogP contribution in [0.4, 0.5) is 0 Å². The molecule has 0 N–H and O–H groups in total. The van der Waals surface area contributed by atoms with Crippen molar-refractivity contribution in [2.24, 2.45) is 5.92 Å². The molecule has 0 aromatic heterocycles. The Kier molecular flexibility index (Phi) is 5.64. The Labute approximate surface area is 67.0 Å². The quantitative estimate of drug-likeness (QED) is 0.554. The molecular weight excluding hydrogens is 138 g/mol. The first kappa shape index (κ1) is 9.92. The maximum absolute atomic E-state index is 2.37. The van der Waals surface area contributed by atoms with Gasteiger partial charge in [-0.1, -0.05) is 32.0 Å². The molecule has 0 spiro atoms. The summed E-state index contributed by atoms with van der Waals surface area (Å²) in [5, 5.41) is 0. The van der Waals surface area contributed by atoms with E-state index in [-0.39, 0.29) is 9.68 Å². The van der Waals surface area contributed by atoms with Crippen LogP contribution in [0.25, 0.3) is 0 Å². The van der Waals surface area contributed by atoms with Crippen LogP contribution in [0.3, 0.4) is 0 Å². The zero-order chi connectivity index (χ0) is 7.98. The molecule has 1 atom stereocenters. The molecule has 0 aliphatic rings. The molecule has 0 saturated carbocycles.